The van der Waals surface area contributed by atoms with Crippen LogP contribution in [0.1, 0.15) is 45.9 Å². The second-order valence-corrected chi connectivity index (χ2v) is 5.83. The van der Waals surface area contributed by atoms with Crippen LogP contribution in [0.2, 0.25) is 0 Å². The Kier molecular flexibility index (Phi) is 3.27. The lowest BCUT2D eigenvalue weighted by atomic mass is 10.0. The van der Waals surface area contributed by atoms with Crippen molar-refractivity contribution in [3.63, 3.8) is 0 Å². The average Bonchev–Trinajstić information content (AvgIpc) is 2.81. The molecule has 2 rings (SSSR count). The zero-order valence-electron chi connectivity index (χ0n) is 11.3. The molecule has 0 saturated carbocycles. The Balaban J connectivity index is 2.34. The largest absolute Gasteiger partial charge is 0.326 e. The lowest BCUT2D eigenvalue weighted by molar-refractivity contribution is 0.112. The van der Waals surface area contributed by atoms with Gasteiger partial charge in [0.25, 0.3) is 0 Å². The predicted octanol–water partition coefficient (Wildman–Crippen LogP) is 1.78. The Morgan fingerprint density at radius 3 is 2.76 bits per heavy atom. The average molecular weight is 236 g/mol. The van der Waals surface area contributed by atoms with Gasteiger partial charge in [-0.1, -0.05) is 0 Å². The molecular formula is C13H24N4. The molecule has 0 aliphatic carbocycles. The van der Waals surface area contributed by atoms with E-state index in [0.29, 0.717) is 6.04 Å². The van der Waals surface area contributed by atoms with Crippen LogP contribution in [0.4, 0.5) is 0 Å². The zero-order valence-corrected chi connectivity index (χ0v) is 11.3. The Morgan fingerprint density at radius 2 is 2.18 bits per heavy atom. The highest BCUT2D eigenvalue weighted by molar-refractivity contribution is 5.14. The van der Waals surface area contributed by atoms with Crippen LogP contribution in [0.25, 0.3) is 0 Å². The molecule has 0 aromatic carbocycles. The molecule has 2 heterocycles. The molecule has 1 aliphatic rings. The van der Waals surface area contributed by atoms with Gasteiger partial charge in [0.2, 0.25) is 0 Å². The van der Waals surface area contributed by atoms with Gasteiger partial charge < -0.3 is 5.73 Å². The predicted molar refractivity (Wildman–Crippen MR) is 69.7 cm³/mol. The maximum atomic E-state index is 6.30. The maximum absolute atomic E-state index is 6.30. The Bertz CT molecular complexity index is 377. The highest BCUT2D eigenvalue weighted by Gasteiger charge is 2.40. The van der Waals surface area contributed by atoms with Crippen LogP contribution in [0, 0.1) is 0 Å². The van der Waals surface area contributed by atoms with Crippen molar-refractivity contribution in [3.8, 4) is 0 Å². The van der Waals surface area contributed by atoms with E-state index in [0.717, 1.165) is 19.5 Å². The first-order valence-corrected chi connectivity index (χ1v) is 6.49. The van der Waals surface area contributed by atoms with E-state index in [1.54, 1.807) is 0 Å². The van der Waals surface area contributed by atoms with E-state index in [1.807, 2.05) is 6.20 Å². The number of aryl methyl sites for hydroxylation is 1. The fourth-order valence-electron chi connectivity index (χ4n) is 2.81. The standard InChI is InChI=1S/C13H24N4/c1-5-17-11(6-8-15-17)12-10(14)7-9-16(12)13(2,3)4/h6,8,10,12H,5,7,9,14H2,1-4H3. The van der Waals surface area contributed by atoms with Crippen LogP contribution < -0.4 is 5.73 Å². The highest BCUT2D eigenvalue weighted by Crippen LogP contribution is 2.36. The Hall–Kier alpha value is -0.870. The molecule has 4 heteroatoms. The number of nitrogens with zero attached hydrogens (tertiary/aromatic N) is 3. The molecule has 0 amide bonds. The quantitative estimate of drug-likeness (QED) is 0.851. The molecule has 1 aliphatic heterocycles. The number of nitrogens with two attached hydrogens (primary N) is 1. The lowest BCUT2D eigenvalue weighted by Gasteiger charge is -2.38. The van der Waals surface area contributed by atoms with Gasteiger partial charge >= 0.3 is 0 Å². The van der Waals surface area contributed by atoms with E-state index in [1.165, 1.54) is 5.69 Å². The number of rotatable bonds is 2. The maximum Gasteiger partial charge on any atom is 0.0675 e. The van der Waals surface area contributed by atoms with Gasteiger partial charge in [-0.2, -0.15) is 5.10 Å². The molecule has 2 atom stereocenters. The van der Waals surface area contributed by atoms with Gasteiger partial charge in [0.15, 0.2) is 0 Å². The molecular weight excluding hydrogens is 212 g/mol. The van der Waals surface area contributed by atoms with Crippen molar-refractivity contribution in [2.45, 2.75) is 58.3 Å². The van der Waals surface area contributed by atoms with Crippen LogP contribution >= 0.6 is 0 Å². The molecule has 1 aromatic rings. The van der Waals surface area contributed by atoms with E-state index in [2.05, 4.69) is 48.4 Å². The summed E-state index contributed by atoms with van der Waals surface area (Å²) in [5.74, 6) is 0. The smallest absolute Gasteiger partial charge is 0.0675 e. The first kappa shape index (κ1) is 12.6. The van der Waals surface area contributed by atoms with Crippen molar-refractivity contribution in [2.75, 3.05) is 6.54 Å². The number of hydrogen-bond donors (Lipinski definition) is 1. The van der Waals surface area contributed by atoms with E-state index in [-0.39, 0.29) is 11.6 Å². The van der Waals surface area contributed by atoms with Crippen molar-refractivity contribution in [1.29, 1.82) is 0 Å². The molecule has 1 saturated heterocycles. The molecule has 17 heavy (non-hydrogen) atoms. The Labute approximate surface area is 104 Å². The normalized spacial score (nSPS) is 26.6. The number of likely N-dealkylation sites (tertiary alicyclic amines) is 1. The summed E-state index contributed by atoms with van der Waals surface area (Å²) in [6.45, 7) is 10.9. The van der Waals surface area contributed by atoms with Crippen LogP contribution in [-0.4, -0.2) is 32.8 Å². The fourth-order valence-corrected chi connectivity index (χ4v) is 2.81. The van der Waals surface area contributed by atoms with Crippen molar-refractivity contribution in [2.24, 2.45) is 5.73 Å². The minimum absolute atomic E-state index is 0.154. The second-order valence-electron chi connectivity index (χ2n) is 5.83. The van der Waals surface area contributed by atoms with Crippen LogP contribution in [0.5, 0.6) is 0 Å². The van der Waals surface area contributed by atoms with Gasteiger partial charge in [0, 0.05) is 30.9 Å². The van der Waals surface area contributed by atoms with E-state index in [9.17, 15) is 0 Å². The van der Waals surface area contributed by atoms with Gasteiger partial charge in [0.05, 0.1) is 11.7 Å². The minimum atomic E-state index is 0.154. The second kappa shape index (κ2) is 4.42. The summed E-state index contributed by atoms with van der Waals surface area (Å²) in [7, 11) is 0. The first-order chi connectivity index (χ1) is 7.95. The third-order valence-corrected chi connectivity index (χ3v) is 3.66. The van der Waals surface area contributed by atoms with Crippen LogP contribution in [-0.2, 0) is 6.54 Å². The van der Waals surface area contributed by atoms with Gasteiger partial charge in [-0.3, -0.25) is 9.58 Å². The highest BCUT2D eigenvalue weighted by atomic mass is 15.3. The molecule has 1 fully saturated rings. The molecule has 0 spiro atoms. The molecule has 4 nitrogen and oxygen atoms in total. The lowest BCUT2D eigenvalue weighted by Crippen LogP contribution is -2.44. The van der Waals surface area contributed by atoms with Crippen molar-refractivity contribution >= 4 is 0 Å². The van der Waals surface area contributed by atoms with Gasteiger partial charge in [-0.15, -0.1) is 0 Å². The molecule has 2 unspecified atom stereocenters. The van der Waals surface area contributed by atoms with Crippen molar-refractivity contribution in [1.82, 2.24) is 14.7 Å². The van der Waals surface area contributed by atoms with E-state index in [4.69, 9.17) is 5.73 Å². The van der Waals surface area contributed by atoms with E-state index < -0.39 is 0 Å². The molecule has 2 N–H and O–H groups in total. The summed E-state index contributed by atoms with van der Waals surface area (Å²) in [4.78, 5) is 2.50. The SMILES string of the molecule is CCn1nccc1C1C(N)CCN1C(C)(C)C. The number of hydrogen-bond acceptors (Lipinski definition) is 3. The minimum Gasteiger partial charge on any atom is -0.326 e. The van der Waals surface area contributed by atoms with Crippen molar-refractivity contribution in [3.05, 3.63) is 18.0 Å². The summed E-state index contributed by atoms with van der Waals surface area (Å²) in [6, 6.07) is 2.63. The molecule has 0 bridgehead atoms. The number of aromatic nitrogens is 2. The first-order valence-electron chi connectivity index (χ1n) is 6.49. The fraction of sp³-hybridized carbons (Fsp3) is 0.769. The molecule has 96 valence electrons. The summed E-state index contributed by atoms with van der Waals surface area (Å²) in [5, 5.41) is 4.36. The summed E-state index contributed by atoms with van der Waals surface area (Å²) >= 11 is 0. The van der Waals surface area contributed by atoms with Crippen LogP contribution in [0.3, 0.4) is 0 Å². The third-order valence-electron chi connectivity index (χ3n) is 3.66. The molecule has 0 radical (unpaired) electrons. The zero-order chi connectivity index (χ0) is 12.6. The molecule has 1 aromatic heterocycles. The topological polar surface area (TPSA) is 47.1 Å². The van der Waals surface area contributed by atoms with E-state index >= 15 is 0 Å². The summed E-state index contributed by atoms with van der Waals surface area (Å²) in [5.41, 5.74) is 7.71. The van der Waals surface area contributed by atoms with Crippen LogP contribution in [0.15, 0.2) is 12.3 Å². The monoisotopic (exact) mass is 236 g/mol. The third kappa shape index (κ3) is 2.24. The Morgan fingerprint density at radius 1 is 1.47 bits per heavy atom. The summed E-state index contributed by atoms with van der Waals surface area (Å²) in [6.07, 6.45) is 2.95. The van der Waals surface area contributed by atoms with Gasteiger partial charge in [-0.05, 0) is 40.2 Å². The van der Waals surface area contributed by atoms with Gasteiger partial charge in [0.1, 0.15) is 0 Å². The van der Waals surface area contributed by atoms with Gasteiger partial charge in [-0.25, -0.2) is 0 Å². The summed E-state index contributed by atoms with van der Waals surface area (Å²) < 4.78 is 2.06. The van der Waals surface area contributed by atoms with Crippen molar-refractivity contribution < 1.29 is 0 Å².